The lowest BCUT2D eigenvalue weighted by molar-refractivity contribution is 0.0600. The van der Waals surface area contributed by atoms with Crippen molar-refractivity contribution in [2.24, 2.45) is 5.92 Å². The Bertz CT molecular complexity index is 919. The molecule has 0 atom stereocenters. The van der Waals surface area contributed by atoms with Crippen LogP contribution in [0.1, 0.15) is 23.2 Å². The summed E-state index contributed by atoms with van der Waals surface area (Å²) < 4.78 is 61.4. The van der Waals surface area contributed by atoms with Gasteiger partial charge < -0.3 is 9.47 Å². The summed E-state index contributed by atoms with van der Waals surface area (Å²) in [5.41, 5.74) is 0.108. The first kappa shape index (κ1) is 22.6. The summed E-state index contributed by atoms with van der Waals surface area (Å²) in [5, 5.41) is 0. The summed E-state index contributed by atoms with van der Waals surface area (Å²) in [6.45, 7) is 1.08. The van der Waals surface area contributed by atoms with Crippen LogP contribution in [0.3, 0.4) is 0 Å². The van der Waals surface area contributed by atoms with Crippen molar-refractivity contribution in [3.8, 4) is 5.75 Å². The molecule has 11 heteroatoms. The number of benzene rings is 1. The van der Waals surface area contributed by atoms with Crippen molar-refractivity contribution in [3.05, 3.63) is 23.8 Å². The summed E-state index contributed by atoms with van der Waals surface area (Å²) in [6, 6.07) is 4.12. The first-order chi connectivity index (χ1) is 13.0. The molecule has 0 saturated carbocycles. The van der Waals surface area contributed by atoms with Crippen molar-refractivity contribution in [2.45, 2.75) is 17.7 Å². The van der Waals surface area contributed by atoms with E-state index in [0.717, 1.165) is 4.31 Å². The van der Waals surface area contributed by atoms with Gasteiger partial charge in [-0.2, -0.15) is 0 Å². The third kappa shape index (κ3) is 5.22. The maximum atomic E-state index is 12.6. The Hall–Kier alpha value is -1.69. The molecule has 1 heterocycles. The normalized spacial score (nSPS) is 16.9. The molecule has 28 heavy (non-hydrogen) atoms. The quantitative estimate of drug-likeness (QED) is 0.583. The zero-order valence-electron chi connectivity index (χ0n) is 16.4. The average molecular weight is 435 g/mol. The monoisotopic (exact) mass is 434 g/mol. The van der Waals surface area contributed by atoms with Gasteiger partial charge in [-0.25, -0.2) is 30.2 Å². The summed E-state index contributed by atoms with van der Waals surface area (Å²) in [7, 11) is -3.04. The van der Waals surface area contributed by atoms with Gasteiger partial charge in [0.05, 0.1) is 25.5 Å². The maximum Gasteiger partial charge on any atom is 0.337 e. The van der Waals surface area contributed by atoms with Crippen LogP contribution >= 0.6 is 0 Å². The fourth-order valence-corrected chi connectivity index (χ4v) is 4.81. The van der Waals surface area contributed by atoms with Gasteiger partial charge >= 0.3 is 5.97 Å². The summed E-state index contributed by atoms with van der Waals surface area (Å²) in [4.78, 5) is 11.6. The van der Waals surface area contributed by atoms with E-state index in [4.69, 9.17) is 4.74 Å². The molecule has 0 radical (unpaired) electrons. The Morgan fingerprint density at radius 1 is 1.18 bits per heavy atom. The molecule has 9 nitrogen and oxygen atoms in total. The largest absolute Gasteiger partial charge is 0.492 e. The third-order valence-corrected chi connectivity index (χ3v) is 7.78. The predicted molar refractivity (Wildman–Crippen MR) is 103 cm³/mol. The van der Waals surface area contributed by atoms with Crippen molar-refractivity contribution >= 4 is 26.0 Å². The predicted octanol–water partition coefficient (Wildman–Crippen LogP) is 0.774. The lowest BCUT2D eigenvalue weighted by Gasteiger charge is -2.30. The van der Waals surface area contributed by atoms with Gasteiger partial charge in [-0.15, -0.1) is 0 Å². The maximum absolute atomic E-state index is 12.6. The zero-order chi connectivity index (χ0) is 21.1. The molecule has 2 rings (SSSR count). The van der Waals surface area contributed by atoms with E-state index < -0.39 is 26.0 Å². The number of carbonyl (C=O) groups excluding carboxylic acids is 1. The van der Waals surface area contributed by atoms with E-state index in [0.29, 0.717) is 25.9 Å². The van der Waals surface area contributed by atoms with Gasteiger partial charge in [0.25, 0.3) is 0 Å². The summed E-state index contributed by atoms with van der Waals surface area (Å²) in [5.74, 6) is -0.394. The Morgan fingerprint density at radius 2 is 1.79 bits per heavy atom. The van der Waals surface area contributed by atoms with Crippen LogP contribution in [-0.4, -0.2) is 78.6 Å². The van der Waals surface area contributed by atoms with Crippen LogP contribution in [0.4, 0.5) is 0 Å². The number of hydrogen-bond donors (Lipinski definition) is 0. The van der Waals surface area contributed by atoms with Gasteiger partial charge in [0.1, 0.15) is 10.6 Å². The Balaban J connectivity index is 2.18. The molecule has 1 saturated heterocycles. The van der Waals surface area contributed by atoms with E-state index in [1.165, 1.54) is 50.0 Å². The van der Waals surface area contributed by atoms with E-state index in [1.54, 1.807) is 0 Å². The highest BCUT2D eigenvalue weighted by Gasteiger charge is 2.27. The van der Waals surface area contributed by atoms with Crippen molar-refractivity contribution < 1.29 is 31.1 Å². The van der Waals surface area contributed by atoms with Crippen LogP contribution in [0.15, 0.2) is 23.1 Å². The lowest BCUT2D eigenvalue weighted by atomic mass is 9.99. The van der Waals surface area contributed by atoms with Gasteiger partial charge in [-0.05, 0) is 37.0 Å². The molecule has 1 fully saturated rings. The van der Waals surface area contributed by atoms with Crippen molar-refractivity contribution in [1.82, 2.24) is 8.61 Å². The highest BCUT2D eigenvalue weighted by Crippen LogP contribution is 2.29. The lowest BCUT2D eigenvalue weighted by Crippen LogP contribution is -2.39. The minimum Gasteiger partial charge on any atom is -0.492 e. The van der Waals surface area contributed by atoms with E-state index >= 15 is 0 Å². The molecule has 1 aliphatic rings. The van der Waals surface area contributed by atoms with E-state index in [9.17, 15) is 21.6 Å². The van der Waals surface area contributed by atoms with Crippen molar-refractivity contribution in [1.29, 1.82) is 0 Å². The first-order valence-electron chi connectivity index (χ1n) is 8.69. The van der Waals surface area contributed by atoms with Crippen LogP contribution in [0.5, 0.6) is 5.75 Å². The average Bonchev–Trinajstić information content (AvgIpc) is 2.65. The number of sulfonamides is 2. The number of esters is 1. The van der Waals surface area contributed by atoms with Gasteiger partial charge in [0.15, 0.2) is 0 Å². The molecule has 0 unspecified atom stereocenters. The summed E-state index contributed by atoms with van der Waals surface area (Å²) >= 11 is 0. The van der Waals surface area contributed by atoms with Gasteiger partial charge in [0.2, 0.25) is 20.0 Å². The standard InChI is InChI=1S/C17H26N2O7S2/c1-18(2)28(23,24)16-11-14(17(20)25-3)5-6-15(16)26-12-13-7-9-19(10-8-13)27(4,21)22/h5-6,11,13H,7-10,12H2,1-4H3. The van der Waals surface area contributed by atoms with Gasteiger partial charge in [0, 0.05) is 27.2 Å². The summed E-state index contributed by atoms with van der Waals surface area (Å²) in [6.07, 6.45) is 2.44. The fraction of sp³-hybridized carbons (Fsp3) is 0.588. The van der Waals surface area contributed by atoms with Crippen LogP contribution in [0.2, 0.25) is 0 Å². The van der Waals surface area contributed by atoms with E-state index in [2.05, 4.69) is 4.74 Å². The molecular formula is C17H26N2O7S2. The van der Waals surface area contributed by atoms with Crippen LogP contribution < -0.4 is 4.74 Å². The molecule has 0 bridgehead atoms. The van der Waals surface area contributed by atoms with Crippen LogP contribution in [0.25, 0.3) is 0 Å². The molecule has 1 aromatic carbocycles. The van der Waals surface area contributed by atoms with Crippen LogP contribution in [0, 0.1) is 5.92 Å². The fourth-order valence-electron chi connectivity index (χ4n) is 2.89. The Morgan fingerprint density at radius 3 is 2.29 bits per heavy atom. The minimum absolute atomic E-state index is 0.105. The van der Waals surface area contributed by atoms with Crippen LogP contribution in [-0.2, 0) is 24.8 Å². The Kier molecular flexibility index (Phi) is 7.07. The molecule has 1 aromatic rings. The minimum atomic E-state index is -3.84. The number of nitrogens with zero attached hydrogens (tertiary/aromatic N) is 2. The molecule has 158 valence electrons. The third-order valence-electron chi connectivity index (χ3n) is 4.64. The van der Waals surface area contributed by atoms with Gasteiger partial charge in [-0.3, -0.25) is 0 Å². The highest BCUT2D eigenvalue weighted by molar-refractivity contribution is 7.89. The molecule has 1 aliphatic heterocycles. The number of carbonyl (C=O) groups is 1. The number of methoxy groups -OCH3 is 1. The highest BCUT2D eigenvalue weighted by atomic mass is 32.2. The topological polar surface area (TPSA) is 110 Å². The molecule has 0 amide bonds. The number of ether oxygens (including phenoxy) is 2. The van der Waals surface area contributed by atoms with Gasteiger partial charge in [-0.1, -0.05) is 0 Å². The smallest absolute Gasteiger partial charge is 0.337 e. The number of rotatable bonds is 7. The SMILES string of the molecule is COC(=O)c1ccc(OCC2CCN(S(C)(=O)=O)CC2)c(S(=O)(=O)N(C)C)c1. The molecule has 0 N–H and O–H groups in total. The van der Waals surface area contributed by atoms with E-state index in [-0.39, 0.29) is 28.7 Å². The Labute approximate surface area is 166 Å². The molecular weight excluding hydrogens is 408 g/mol. The molecule has 0 aromatic heterocycles. The second kappa shape index (κ2) is 8.76. The first-order valence-corrected chi connectivity index (χ1v) is 12.0. The van der Waals surface area contributed by atoms with Crippen molar-refractivity contribution in [2.75, 3.05) is 47.2 Å². The number of piperidine rings is 1. The van der Waals surface area contributed by atoms with Crippen molar-refractivity contribution in [3.63, 3.8) is 0 Å². The van der Waals surface area contributed by atoms with E-state index in [1.807, 2.05) is 0 Å². The molecule has 0 aliphatic carbocycles. The second-order valence-electron chi connectivity index (χ2n) is 6.86. The zero-order valence-corrected chi connectivity index (χ0v) is 18.0. The number of hydrogen-bond acceptors (Lipinski definition) is 7. The second-order valence-corrected chi connectivity index (χ2v) is 11.0. The molecule has 0 spiro atoms.